The number of aliphatic hydroxyl groups excluding tert-OH is 1. The minimum absolute atomic E-state index is 0.560. The van der Waals surface area contributed by atoms with Crippen molar-refractivity contribution in [2.75, 3.05) is 6.61 Å². The molecular formula is C8H10O3. The van der Waals surface area contributed by atoms with Gasteiger partial charge in [-0.15, -0.1) is 6.42 Å². The van der Waals surface area contributed by atoms with Gasteiger partial charge in [-0.3, -0.25) is 4.79 Å². The van der Waals surface area contributed by atoms with E-state index in [2.05, 4.69) is 10.7 Å². The summed E-state index contributed by atoms with van der Waals surface area (Å²) < 4.78 is 19.4. The quantitative estimate of drug-likeness (QED) is 0.427. The number of ether oxygens (including phenoxy) is 1. The third kappa shape index (κ3) is 1.10. The van der Waals surface area contributed by atoms with Crippen molar-refractivity contribution in [3.8, 4) is 12.3 Å². The van der Waals surface area contributed by atoms with Gasteiger partial charge in [0.2, 0.25) is 0 Å². The Balaban J connectivity index is 3.11. The summed E-state index contributed by atoms with van der Waals surface area (Å²) in [5, 5.41) is 8.95. The Bertz CT molecular complexity index is 282. The van der Waals surface area contributed by atoms with E-state index in [9.17, 15) is 4.79 Å². The minimum Gasteiger partial charge on any atom is -0.443 e. The standard InChI is InChI=1S/C8H10O3/c1-3-8(5-9)6(2)4-7(10)11-8/h1,6,9H,4-5H2,2H3/t6-,8+/m0/s1/i4D2. The van der Waals surface area contributed by atoms with E-state index in [-0.39, 0.29) is 0 Å². The first kappa shape index (κ1) is 5.62. The topological polar surface area (TPSA) is 46.5 Å². The van der Waals surface area contributed by atoms with Gasteiger partial charge in [0.1, 0.15) is 0 Å². The zero-order chi connectivity index (χ0) is 10.3. The van der Waals surface area contributed by atoms with Gasteiger partial charge in [-0.25, -0.2) is 0 Å². The summed E-state index contributed by atoms with van der Waals surface area (Å²) in [5.41, 5.74) is -1.50. The van der Waals surface area contributed by atoms with Gasteiger partial charge >= 0.3 is 5.97 Å². The number of carbonyl (C=O) groups excluding carboxylic acids is 1. The van der Waals surface area contributed by atoms with E-state index >= 15 is 0 Å². The zero-order valence-corrected chi connectivity index (χ0v) is 6.13. The van der Waals surface area contributed by atoms with E-state index in [0.29, 0.717) is 0 Å². The molecule has 0 aromatic rings. The first-order chi connectivity index (χ1) is 5.90. The molecule has 1 aliphatic rings. The predicted octanol–water partition coefficient (Wildman–Crippen LogP) is -0.0663. The second-order valence-electron chi connectivity index (χ2n) is 2.45. The van der Waals surface area contributed by atoms with E-state index in [1.165, 1.54) is 6.92 Å². The first-order valence-corrected chi connectivity index (χ1v) is 3.23. The van der Waals surface area contributed by atoms with Crippen molar-refractivity contribution in [3.05, 3.63) is 0 Å². The van der Waals surface area contributed by atoms with Gasteiger partial charge in [0.15, 0.2) is 5.60 Å². The average Bonchev–Trinajstić information content (AvgIpc) is 2.27. The lowest BCUT2D eigenvalue weighted by Gasteiger charge is -2.22. The maximum absolute atomic E-state index is 11.0. The number of aliphatic hydroxyl groups is 1. The largest absolute Gasteiger partial charge is 0.443 e. The van der Waals surface area contributed by atoms with Crippen LogP contribution in [0.25, 0.3) is 0 Å². The molecule has 0 saturated carbocycles. The van der Waals surface area contributed by atoms with Gasteiger partial charge in [0.25, 0.3) is 0 Å². The van der Waals surface area contributed by atoms with Gasteiger partial charge in [-0.05, 0) is 0 Å². The molecule has 11 heavy (non-hydrogen) atoms. The highest BCUT2D eigenvalue weighted by atomic mass is 16.6. The summed E-state index contributed by atoms with van der Waals surface area (Å²) in [6, 6.07) is 0. The second-order valence-corrected chi connectivity index (χ2v) is 2.45. The monoisotopic (exact) mass is 156 g/mol. The van der Waals surface area contributed by atoms with Crippen LogP contribution < -0.4 is 0 Å². The smallest absolute Gasteiger partial charge is 0.307 e. The summed E-state index contributed by atoms with van der Waals surface area (Å²) >= 11 is 0. The molecule has 2 atom stereocenters. The molecule has 1 N–H and O–H groups in total. The van der Waals surface area contributed by atoms with E-state index in [1.807, 2.05) is 0 Å². The molecule has 1 aliphatic heterocycles. The van der Waals surface area contributed by atoms with Crippen LogP contribution in [0.4, 0.5) is 0 Å². The number of hydrogen-bond acceptors (Lipinski definition) is 3. The lowest BCUT2D eigenvalue weighted by molar-refractivity contribution is -0.147. The van der Waals surface area contributed by atoms with Crippen LogP contribution in [-0.2, 0) is 9.53 Å². The van der Waals surface area contributed by atoms with Crippen LogP contribution in [0, 0.1) is 18.3 Å². The number of terminal acetylenes is 1. The molecule has 60 valence electrons. The summed E-state index contributed by atoms with van der Waals surface area (Å²) in [6.07, 6.45) is 2.98. The van der Waals surface area contributed by atoms with E-state index in [1.54, 1.807) is 0 Å². The van der Waals surface area contributed by atoms with Crippen molar-refractivity contribution in [2.24, 2.45) is 5.92 Å². The van der Waals surface area contributed by atoms with Crippen LogP contribution in [0.3, 0.4) is 0 Å². The van der Waals surface area contributed by atoms with Crippen molar-refractivity contribution in [3.63, 3.8) is 0 Å². The number of cyclic esters (lactones) is 1. The van der Waals surface area contributed by atoms with Gasteiger partial charge in [-0.2, -0.15) is 0 Å². The fourth-order valence-corrected chi connectivity index (χ4v) is 0.946. The molecule has 0 radical (unpaired) electrons. The van der Waals surface area contributed by atoms with Gasteiger partial charge < -0.3 is 9.84 Å². The summed E-state index contributed by atoms with van der Waals surface area (Å²) in [7, 11) is 0. The van der Waals surface area contributed by atoms with Gasteiger partial charge in [-0.1, -0.05) is 12.8 Å². The molecule has 1 rings (SSSR count). The lowest BCUT2D eigenvalue weighted by atomic mass is 9.91. The van der Waals surface area contributed by atoms with Crippen LogP contribution in [0.1, 0.15) is 16.0 Å². The molecule has 1 saturated heterocycles. The fourth-order valence-electron chi connectivity index (χ4n) is 0.946. The van der Waals surface area contributed by atoms with E-state index in [0.717, 1.165) is 0 Å². The third-order valence-corrected chi connectivity index (χ3v) is 1.79. The summed E-state index contributed by atoms with van der Waals surface area (Å²) in [6.45, 7) is 0.886. The van der Waals surface area contributed by atoms with Crippen LogP contribution >= 0.6 is 0 Å². The van der Waals surface area contributed by atoms with Gasteiger partial charge in [0, 0.05) is 8.66 Å². The molecular weight excluding hydrogens is 144 g/mol. The maximum atomic E-state index is 11.0. The lowest BCUT2D eigenvalue weighted by Crippen LogP contribution is -2.36. The van der Waals surface area contributed by atoms with Gasteiger partial charge in [0.05, 0.1) is 13.0 Å². The van der Waals surface area contributed by atoms with Crippen molar-refractivity contribution < 1.29 is 17.4 Å². The van der Waals surface area contributed by atoms with Crippen molar-refractivity contribution in [1.29, 1.82) is 0 Å². The Morgan fingerprint density at radius 3 is 3.00 bits per heavy atom. The molecule has 1 heterocycles. The maximum Gasteiger partial charge on any atom is 0.307 e. The number of carbonyl (C=O) groups is 1. The minimum atomic E-state index is -2.12. The highest BCUT2D eigenvalue weighted by molar-refractivity contribution is 5.73. The molecule has 3 nitrogen and oxygen atoms in total. The molecule has 3 heteroatoms. The molecule has 0 aliphatic carbocycles. The molecule has 0 amide bonds. The van der Waals surface area contributed by atoms with E-state index in [4.69, 9.17) is 14.3 Å². The fraction of sp³-hybridized carbons (Fsp3) is 0.625. The Kier molecular flexibility index (Phi) is 1.30. The van der Waals surface area contributed by atoms with Crippen LogP contribution in [0.5, 0.6) is 0 Å². The van der Waals surface area contributed by atoms with E-state index < -0.39 is 30.5 Å². The number of esters is 1. The van der Waals surface area contributed by atoms with Crippen molar-refractivity contribution in [1.82, 2.24) is 0 Å². The Hall–Kier alpha value is -1.01. The van der Waals surface area contributed by atoms with Crippen LogP contribution in [-0.4, -0.2) is 23.3 Å². The van der Waals surface area contributed by atoms with Crippen LogP contribution in [0.15, 0.2) is 0 Å². The summed E-state index contributed by atoms with van der Waals surface area (Å²) in [4.78, 5) is 11.0. The predicted molar refractivity (Wildman–Crippen MR) is 38.5 cm³/mol. The third-order valence-electron chi connectivity index (χ3n) is 1.79. The average molecular weight is 156 g/mol. The number of hydrogen-bond donors (Lipinski definition) is 1. The molecule has 0 spiro atoms. The summed E-state index contributed by atoms with van der Waals surface area (Å²) in [5.74, 6) is 0.278. The van der Waals surface area contributed by atoms with Crippen molar-refractivity contribution >= 4 is 5.97 Å². The highest BCUT2D eigenvalue weighted by Gasteiger charge is 2.44. The molecule has 0 unspecified atom stereocenters. The molecule has 0 aromatic heterocycles. The first-order valence-electron chi connectivity index (χ1n) is 4.23. The second kappa shape index (κ2) is 2.55. The molecule has 0 aromatic carbocycles. The normalized spacial score (nSPS) is 43.7. The Labute approximate surface area is 68.2 Å². The Morgan fingerprint density at radius 1 is 2.18 bits per heavy atom. The molecule has 0 bridgehead atoms. The van der Waals surface area contributed by atoms with Crippen molar-refractivity contribution in [2.45, 2.75) is 18.9 Å². The zero-order valence-electron chi connectivity index (χ0n) is 8.13. The highest BCUT2D eigenvalue weighted by Crippen LogP contribution is 2.31. The number of rotatable bonds is 1. The van der Waals surface area contributed by atoms with Crippen LogP contribution in [0.2, 0.25) is 0 Å². The molecule has 1 fully saturated rings. The SMILES string of the molecule is [2H]C1([2H])C(=O)O[C@](C#C)(CO)[C@H]1C. The Morgan fingerprint density at radius 2 is 2.82 bits per heavy atom.